The number of carboxylic acids is 1. The van der Waals surface area contributed by atoms with E-state index in [-0.39, 0.29) is 31.7 Å². The van der Waals surface area contributed by atoms with E-state index in [1.165, 1.54) is 31.3 Å². The third-order valence-electron chi connectivity index (χ3n) is 8.08. The molecule has 8 atom stereocenters. The fourth-order valence-electron chi connectivity index (χ4n) is 5.38. The zero-order chi connectivity index (χ0) is 39.3. The smallest absolute Gasteiger partial charge is 0.326 e. The van der Waals surface area contributed by atoms with Gasteiger partial charge in [-0.25, -0.2) is 9.78 Å². The lowest BCUT2D eigenvalue weighted by atomic mass is 10.0. The summed E-state index contributed by atoms with van der Waals surface area (Å²) in [5, 5.41) is 41.4. The first-order chi connectivity index (χ1) is 24.4. The van der Waals surface area contributed by atoms with Gasteiger partial charge in [0, 0.05) is 24.9 Å². The van der Waals surface area contributed by atoms with Gasteiger partial charge in [0.2, 0.25) is 41.4 Å². The third-order valence-corrected chi connectivity index (χ3v) is 8.08. The summed E-state index contributed by atoms with van der Waals surface area (Å²) in [5.41, 5.74) is 11.0. The fourth-order valence-corrected chi connectivity index (χ4v) is 5.38. The van der Waals surface area contributed by atoms with Crippen molar-refractivity contribution >= 4 is 47.3 Å². The van der Waals surface area contributed by atoms with Gasteiger partial charge in [-0.15, -0.1) is 0 Å². The lowest BCUT2D eigenvalue weighted by Crippen LogP contribution is -2.62. The molecule has 13 N–H and O–H groups in total. The Bertz CT molecular complexity index is 1440. The second-order valence-corrected chi connectivity index (χ2v) is 13.1. The summed E-state index contributed by atoms with van der Waals surface area (Å²) < 4.78 is 0. The van der Waals surface area contributed by atoms with E-state index in [9.17, 15) is 53.7 Å². The van der Waals surface area contributed by atoms with E-state index in [0.717, 1.165) is 0 Å². The molecule has 0 bridgehead atoms. The molecule has 0 saturated carbocycles. The van der Waals surface area contributed by atoms with Gasteiger partial charge in [-0.1, -0.05) is 13.8 Å². The number of hydrogen-bond acceptors (Lipinski definition) is 12. The molecule has 1 aliphatic rings. The molecule has 0 aromatic carbocycles. The summed E-state index contributed by atoms with van der Waals surface area (Å²) in [7, 11) is 0. The molecule has 290 valence electrons. The van der Waals surface area contributed by atoms with E-state index in [1.54, 1.807) is 0 Å². The summed E-state index contributed by atoms with van der Waals surface area (Å²) in [4.78, 5) is 110. The molecule has 1 aromatic rings. The van der Waals surface area contributed by atoms with Crippen LogP contribution in [0.3, 0.4) is 0 Å². The van der Waals surface area contributed by atoms with Crippen molar-refractivity contribution in [3.05, 3.63) is 18.2 Å². The maximum Gasteiger partial charge on any atom is 0.326 e. The van der Waals surface area contributed by atoms with Crippen LogP contribution in [0, 0.1) is 5.92 Å². The van der Waals surface area contributed by atoms with E-state index in [2.05, 4.69) is 31.2 Å². The molecule has 21 heteroatoms. The number of likely N-dealkylation sites (tertiary alicyclic amines) is 1. The van der Waals surface area contributed by atoms with Crippen molar-refractivity contribution in [1.82, 2.24) is 41.5 Å². The Kier molecular flexibility index (Phi) is 16.6. The van der Waals surface area contributed by atoms with Crippen LogP contribution in [0.25, 0.3) is 0 Å². The number of primary amides is 1. The number of rotatable bonds is 20. The second kappa shape index (κ2) is 20.0. The van der Waals surface area contributed by atoms with Crippen LogP contribution in [0.4, 0.5) is 0 Å². The van der Waals surface area contributed by atoms with Gasteiger partial charge in [-0.2, -0.15) is 0 Å². The van der Waals surface area contributed by atoms with Crippen molar-refractivity contribution in [2.75, 3.05) is 13.2 Å². The van der Waals surface area contributed by atoms with Crippen LogP contribution in [-0.2, 0) is 44.8 Å². The average molecular weight is 739 g/mol. The largest absolute Gasteiger partial charge is 0.480 e. The van der Waals surface area contributed by atoms with E-state index in [4.69, 9.17) is 11.5 Å². The highest BCUT2D eigenvalue weighted by atomic mass is 16.4. The molecule has 1 aromatic heterocycles. The number of aromatic nitrogens is 2. The summed E-state index contributed by atoms with van der Waals surface area (Å²) in [6.45, 7) is 5.58. The number of carbonyl (C=O) groups excluding carboxylic acids is 7. The molecule has 0 aliphatic carbocycles. The number of nitrogens with one attached hydrogen (secondary N) is 6. The highest BCUT2D eigenvalue weighted by Crippen LogP contribution is 2.21. The molecule has 1 aliphatic heterocycles. The number of aliphatic hydroxyl groups is 2. The Balaban J connectivity index is 2.25. The number of aromatic amines is 1. The molecule has 1 fully saturated rings. The minimum Gasteiger partial charge on any atom is -0.480 e. The molecule has 52 heavy (non-hydrogen) atoms. The summed E-state index contributed by atoms with van der Waals surface area (Å²) in [6.07, 6.45) is 1.02. The minimum absolute atomic E-state index is 0.00189. The van der Waals surface area contributed by atoms with Gasteiger partial charge in [-0.05, 0) is 39.0 Å². The molecular weight excluding hydrogens is 688 g/mol. The maximum absolute atomic E-state index is 13.6. The van der Waals surface area contributed by atoms with Crippen molar-refractivity contribution in [1.29, 1.82) is 0 Å². The topological polar surface area (TPSA) is 341 Å². The zero-order valence-electron chi connectivity index (χ0n) is 29.5. The molecule has 1 saturated heterocycles. The first-order valence-corrected chi connectivity index (χ1v) is 16.7. The highest BCUT2D eigenvalue weighted by Gasteiger charge is 2.40. The molecule has 21 nitrogen and oxygen atoms in total. The van der Waals surface area contributed by atoms with Crippen molar-refractivity contribution in [3.8, 4) is 0 Å². The van der Waals surface area contributed by atoms with Gasteiger partial charge in [0.05, 0.1) is 31.5 Å². The van der Waals surface area contributed by atoms with Gasteiger partial charge >= 0.3 is 5.97 Å². The quantitative estimate of drug-likeness (QED) is 0.0598. The molecule has 0 spiro atoms. The van der Waals surface area contributed by atoms with Crippen molar-refractivity contribution < 1.29 is 53.7 Å². The maximum atomic E-state index is 13.6. The number of carboxylic acid groups (broad SMARTS) is 1. The number of carbonyl (C=O) groups is 8. The zero-order valence-corrected chi connectivity index (χ0v) is 29.5. The van der Waals surface area contributed by atoms with E-state index in [0.29, 0.717) is 12.1 Å². The lowest BCUT2D eigenvalue weighted by molar-refractivity contribution is -0.144. The van der Waals surface area contributed by atoms with Gasteiger partial charge < -0.3 is 63.3 Å². The van der Waals surface area contributed by atoms with Crippen molar-refractivity contribution in [3.63, 3.8) is 0 Å². The number of aliphatic carboxylic acids is 1. The second-order valence-electron chi connectivity index (χ2n) is 13.1. The monoisotopic (exact) mass is 738 g/mol. The van der Waals surface area contributed by atoms with Crippen LogP contribution in [0.5, 0.6) is 0 Å². The van der Waals surface area contributed by atoms with Crippen LogP contribution in [0.15, 0.2) is 12.5 Å². The van der Waals surface area contributed by atoms with Crippen LogP contribution in [-0.4, -0.2) is 139 Å². The first-order valence-electron chi connectivity index (χ1n) is 16.7. The Morgan fingerprint density at radius 2 is 1.50 bits per heavy atom. The minimum atomic E-state index is -1.76. The van der Waals surface area contributed by atoms with Gasteiger partial charge in [0.1, 0.15) is 36.3 Å². The molecule has 7 amide bonds. The fraction of sp³-hybridized carbons (Fsp3) is 0.645. The van der Waals surface area contributed by atoms with Gasteiger partial charge in [-0.3, -0.25) is 33.6 Å². The normalized spacial score (nSPS) is 18.2. The summed E-state index contributed by atoms with van der Waals surface area (Å²) >= 11 is 0. The Morgan fingerprint density at radius 3 is 2.02 bits per heavy atom. The van der Waals surface area contributed by atoms with Crippen LogP contribution < -0.4 is 38.1 Å². The molecule has 0 unspecified atom stereocenters. The number of nitrogens with two attached hydrogens (primary N) is 2. The molecular formula is C31H50N10O11. The predicted molar refractivity (Wildman–Crippen MR) is 180 cm³/mol. The van der Waals surface area contributed by atoms with Crippen molar-refractivity contribution in [2.45, 2.75) is 108 Å². The molecule has 2 heterocycles. The van der Waals surface area contributed by atoms with Gasteiger partial charge in [0.25, 0.3) is 0 Å². The van der Waals surface area contributed by atoms with Crippen LogP contribution >= 0.6 is 0 Å². The summed E-state index contributed by atoms with van der Waals surface area (Å²) in [5.74, 6) is -7.70. The number of amides is 7. The van der Waals surface area contributed by atoms with Crippen LogP contribution in [0.2, 0.25) is 0 Å². The Morgan fingerprint density at radius 1 is 0.904 bits per heavy atom. The number of nitrogens with zero attached hydrogens (tertiary/aromatic N) is 2. The first kappa shape index (κ1) is 43.0. The summed E-state index contributed by atoms with van der Waals surface area (Å²) in [6, 6.07) is -9.55. The Labute approximate surface area is 299 Å². The van der Waals surface area contributed by atoms with E-state index >= 15 is 0 Å². The number of H-pyrrole nitrogens is 1. The SMILES string of the molecule is CC(C)C[C@H](NC(=O)[C@H](C)N)C(=O)N1CCC[C@H]1C(=O)N[C@H](C(=O)N[C@@H](Cc1cnc[nH]1)C(=O)N[C@@H](CO)C(=O)N[C@@H](CC(N)=O)C(=O)O)[C@@H](C)O. The molecule has 0 radical (unpaired) electrons. The van der Waals surface area contributed by atoms with E-state index in [1.807, 2.05) is 19.2 Å². The third kappa shape index (κ3) is 12.9. The Hall–Kier alpha value is -5.15. The predicted octanol–water partition coefficient (Wildman–Crippen LogP) is -4.91. The number of imidazole rings is 1. The van der Waals surface area contributed by atoms with Crippen molar-refractivity contribution in [2.24, 2.45) is 17.4 Å². The van der Waals surface area contributed by atoms with Crippen LogP contribution in [0.1, 0.15) is 59.1 Å². The lowest BCUT2D eigenvalue weighted by Gasteiger charge is -2.31. The number of hydrogen-bond donors (Lipinski definition) is 11. The standard InChI is InChI=1S/C31H50N10O11/c1-14(2)8-19(37-25(45)15(3)32)30(50)41-7-5-6-22(41)28(48)40-24(16(4)43)29(49)36-18(9-17-11-34-13-35-17)26(46)39-21(12-42)27(47)38-20(31(51)52)10-23(33)44/h11,13-16,18-22,24,42-43H,5-10,12,32H2,1-4H3,(H2,33,44)(H,34,35)(H,36,49)(H,37,45)(H,38,47)(H,39,46)(H,40,48)(H,51,52)/t15-,16+,18-,19-,20-,21-,22-,24-/m0/s1. The average Bonchev–Trinajstić information content (AvgIpc) is 3.76. The highest BCUT2D eigenvalue weighted by molar-refractivity contribution is 5.97. The van der Waals surface area contributed by atoms with Gasteiger partial charge in [0.15, 0.2) is 0 Å². The number of aliphatic hydroxyl groups excluding tert-OH is 2. The molecule has 2 rings (SSSR count). The van der Waals surface area contributed by atoms with E-state index < -0.39 is 109 Å².